The first kappa shape index (κ1) is 20.7. The molecular formula is C19H19N7O4. The van der Waals surface area contributed by atoms with Crippen molar-refractivity contribution in [1.82, 2.24) is 0 Å². The molecule has 0 spiro atoms. The van der Waals surface area contributed by atoms with Gasteiger partial charge in [0.25, 0.3) is 5.69 Å². The van der Waals surface area contributed by atoms with E-state index >= 15 is 0 Å². The minimum Gasteiger partial charge on any atom is -0.271 e. The maximum Gasteiger partial charge on any atom is 0.301 e. The number of rotatable bonds is 7. The molecule has 3 rings (SSSR count). The van der Waals surface area contributed by atoms with Crippen LogP contribution >= 0.6 is 0 Å². The van der Waals surface area contributed by atoms with Gasteiger partial charge in [-0.1, -0.05) is 54.7 Å². The Kier molecular flexibility index (Phi) is 6.23. The lowest BCUT2D eigenvalue weighted by molar-refractivity contribution is -0.393. The summed E-state index contributed by atoms with van der Waals surface area (Å²) in [4.78, 5) is 24.0. The lowest BCUT2D eigenvalue weighted by atomic mass is 9.76. The van der Waals surface area contributed by atoms with Crippen LogP contribution in [0.4, 0.5) is 17.1 Å². The highest BCUT2D eigenvalue weighted by atomic mass is 16.6. The standard InChI is InChI=1S/C19H19N7O4/c20-24-23-19(11-5-2-6-12-19)18(14-7-3-1-4-8-14)22-21-16-10-9-15(25(27)28)13-17(16)26(29)30/h1,3-4,7-10,13,21H,2,5-6,11-12H2/b22-18+. The Morgan fingerprint density at radius 1 is 1.03 bits per heavy atom. The number of hydrazone groups is 1. The van der Waals surface area contributed by atoms with E-state index in [0.717, 1.165) is 37.0 Å². The second-order valence-electron chi connectivity index (χ2n) is 6.94. The maximum absolute atomic E-state index is 11.4. The van der Waals surface area contributed by atoms with Gasteiger partial charge >= 0.3 is 5.69 Å². The van der Waals surface area contributed by atoms with Crippen molar-refractivity contribution in [3.63, 3.8) is 0 Å². The van der Waals surface area contributed by atoms with Crippen molar-refractivity contribution in [2.75, 3.05) is 5.43 Å². The monoisotopic (exact) mass is 409 g/mol. The van der Waals surface area contributed by atoms with Gasteiger partial charge in [0.2, 0.25) is 0 Å². The molecule has 1 aliphatic carbocycles. The average molecular weight is 409 g/mol. The Balaban J connectivity index is 2.08. The molecule has 0 aromatic heterocycles. The molecule has 0 atom stereocenters. The van der Waals surface area contributed by atoms with Gasteiger partial charge in [-0.05, 0) is 30.0 Å². The van der Waals surface area contributed by atoms with Gasteiger partial charge in [0.15, 0.2) is 0 Å². The van der Waals surface area contributed by atoms with E-state index in [1.165, 1.54) is 6.07 Å². The van der Waals surface area contributed by atoms with Gasteiger partial charge in [-0.3, -0.25) is 25.7 Å². The second kappa shape index (κ2) is 9.01. The molecule has 30 heavy (non-hydrogen) atoms. The first-order chi connectivity index (χ1) is 14.5. The third kappa shape index (κ3) is 4.36. The van der Waals surface area contributed by atoms with Crippen LogP contribution < -0.4 is 5.43 Å². The number of benzene rings is 2. The molecule has 0 saturated heterocycles. The SMILES string of the molecule is [N-]=[N+]=NC1(/C(=N/Nc2ccc([N+](=O)[O-])cc2[N+](=O)[O-])c2ccccc2)CCCCC1. The fraction of sp³-hybridized carbons (Fsp3) is 0.316. The van der Waals surface area contributed by atoms with Crippen LogP contribution in [0.1, 0.15) is 37.7 Å². The number of hydrogen-bond donors (Lipinski definition) is 1. The number of nitro benzene ring substituents is 2. The van der Waals surface area contributed by atoms with E-state index < -0.39 is 26.8 Å². The van der Waals surface area contributed by atoms with Crippen molar-refractivity contribution in [3.8, 4) is 0 Å². The fourth-order valence-corrected chi connectivity index (χ4v) is 3.64. The molecule has 1 N–H and O–H groups in total. The third-order valence-corrected chi connectivity index (χ3v) is 5.08. The summed E-state index contributed by atoms with van der Waals surface area (Å²) in [6.45, 7) is 0. The molecular weight excluding hydrogens is 390 g/mol. The molecule has 1 aliphatic rings. The predicted molar refractivity (Wildman–Crippen MR) is 111 cm³/mol. The lowest BCUT2D eigenvalue weighted by Crippen LogP contribution is -2.39. The first-order valence-electron chi connectivity index (χ1n) is 9.35. The van der Waals surface area contributed by atoms with Gasteiger partial charge in [0, 0.05) is 11.0 Å². The Morgan fingerprint density at radius 2 is 1.73 bits per heavy atom. The predicted octanol–water partition coefficient (Wildman–Crippen LogP) is 5.33. The van der Waals surface area contributed by atoms with Crippen molar-refractivity contribution in [2.24, 2.45) is 10.2 Å². The highest BCUT2D eigenvalue weighted by Crippen LogP contribution is 2.36. The number of hydrogen-bond acceptors (Lipinski definition) is 7. The van der Waals surface area contributed by atoms with Crippen molar-refractivity contribution in [1.29, 1.82) is 0 Å². The number of nitrogens with zero attached hydrogens (tertiary/aromatic N) is 6. The Labute approximate surface area is 171 Å². The Morgan fingerprint density at radius 3 is 2.33 bits per heavy atom. The van der Waals surface area contributed by atoms with Crippen LogP contribution in [-0.4, -0.2) is 21.1 Å². The van der Waals surface area contributed by atoms with E-state index in [1.807, 2.05) is 30.3 Å². The van der Waals surface area contributed by atoms with Crippen molar-refractivity contribution in [3.05, 3.63) is 84.8 Å². The summed E-state index contributed by atoms with van der Waals surface area (Å²) in [5.74, 6) is 0. The van der Waals surface area contributed by atoms with Gasteiger partial charge in [0.1, 0.15) is 5.69 Å². The molecule has 2 aromatic carbocycles. The van der Waals surface area contributed by atoms with Crippen molar-refractivity contribution in [2.45, 2.75) is 37.6 Å². The second-order valence-corrected chi connectivity index (χ2v) is 6.94. The molecule has 0 heterocycles. The van der Waals surface area contributed by atoms with E-state index in [2.05, 4.69) is 20.6 Å². The highest BCUT2D eigenvalue weighted by molar-refractivity contribution is 6.08. The molecule has 0 unspecified atom stereocenters. The molecule has 1 fully saturated rings. The zero-order chi connectivity index (χ0) is 21.6. The summed E-state index contributed by atoms with van der Waals surface area (Å²) in [5.41, 5.74) is 11.3. The van der Waals surface area contributed by atoms with Crippen LogP contribution in [0.2, 0.25) is 0 Å². The highest BCUT2D eigenvalue weighted by Gasteiger charge is 2.37. The van der Waals surface area contributed by atoms with Gasteiger partial charge in [-0.2, -0.15) is 5.10 Å². The van der Waals surface area contributed by atoms with E-state index in [4.69, 9.17) is 0 Å². The smallest absolute Gasteiger partial charge is 0.271 e. The summed E-state index contributed by atoms with van der Waals surface area (Å²) < 4.78 is 0. The lowest BCUT2D eigenvalue weighted by Gasteiger charge is -2.34. The Bertz CT molecular complexity index is 1030. The van der Waals surface area contributed by atoms with Gasteiger partial charge in [-0.25, -0.2) is 0 Å². The van der Waals surface area contributed by atoms with Crippen LogP contribution in [0.3, 0.4) is 0 Å². The van der Waals surface area contributed by atoms with E-state index in [-0.39, 0.29) is 5.69 Å². The normalized spacial score (nSPS) is 15.7. The fourth-order valence-electron chi connectivity index (χ4n) is 3.64. The van der Waals surface area contributed by atoms with E-state index in [9.17, 15) is 25.8 Å². The van der Waals surface area contributed by atoms with Crippen LogP contribution in [-0.2, 0) is 0 Å². The molecule has 0 bridgehead atoms. The molecule has 0 radical (unpaired) electrons. The molecule has 2 aromatic rings. The average Bonchev–Trinajstić information content (AvgIpc) is 2.75. The summed E-state index contributed by atoms with van der Waals surface area (Å²) in [6, 6.07) is 12.4. The number of non-ortho nitro benzene ring substituents is 1. The minimum atomic E-state index is -0.878. The van der Waals surface area contributed by atoms with Crippen LogP contribution in [0, 0.1) is 20.2 Å². The maximum atomic E-state index is 11.4. The minimum absolute atomic E-state index is 0.00549. The summed E-state index contributed by atoms with van der Waals surface area (Å²) >= 11 is 0. The van der Waals surface area contributed by atoms with Gasteiger partial charge in [-0.15, -0.1) is 0 Å². The van der Waals surface area contributed by atoms with Gasteiger partial charge in [0.05, 0.1) is 27.2 Å². The largest absolute Gasteiger partial charge is 0.301 e. The molecule has 0 aliphatic heterocycles. The molecule has 11 nitrogen and oxygen atoms in total. The zero-order valence-electron chi connectivity index (χ0n) is 16.0. The quantitative estimate of drug-likeness (QED) is 0.163. The summed E-state index contributed by atoms with van der Waals surface area (Å²) in [5, 5.41) is 30.9. The van der Waals surface area contributed by atoms with Gasteiger partial charge < -0.3 is 0 Å². The number of anilines is 1. The molecule has 154 valence electrons. The van der Waals surface area contributed by atoms with E-state index in [1.54, 1.807) is 0 Å². The molecule has 0 amide bonds. The van der Waals surface area contributed by atoms with E-state index in [0.29, 0.717) is 18.6 Å². The Hall–Kier alpha value is -3.98. The number of nitrogens with one attached hydrogen (secondary N) is 1. The third-order valence-electron chi connectivity index (χ3n) is 5.08. The summed E-state index contributed by atoms with van der Waals surface area (Å²) in [7, 11) is 0. The summed E-state index contributed by atoms with van der Waals surface area (Å²) in [6.07, 6.45) is 3.96. The number of nitro groups is 2. The molecule has 11 heteroatoms. The van der Waals surface area contributed by atoms with Crippen LogP contribution in [0.5, 0.6) is 0 Å². The van der Waals surface area contributed by atoms with Crippen molar-refractivity contribution >= 4 is 22.8 Å². The number of azide groups is 1. The van der Waals surface area contributed by atoms with Crippen LogP contribution in [0.25, 0.3) is 10.4 Å². The van der Waals surface area contributed by atoms with Crippen molar-refractivity contribution < 1.29 is 9.85 Å². The van der Waals surface area contributed by atoms with Crippen LogP contribution in [0.15, 0.2) is 58.7 Å². The zero-order valence-corrected chi connectivity index (χ0v) is 16.0. The first-order valence-corrected chi connectivity index (χ1v) is 9.35. The molecule has 1 saturated carbocycles. The topological polar surface area (TPSA) is 159 Å².